The first-order valence-electron chi connectivity index (χ1n) is 17.8. The smallest absolute Gasteiger partial charge is 0.281 e. The zero-order valence-corrected chi connectivity index (χ0v) is 31.3. The monoisotopic (exact) mass is 697 g/mol. The summed E-state index contributed by atoms with van der Waals surface area (Å²) >= 11 is 0. The van der Waals surface area contributed by atoms with Gasteiger partial charge in [0, 0.05) is 77.4 Å². The largest absolute Gasteiger partial charge is 0.341 e. The van der Waals surface area contributed by atoms with Gasteiger partial charge in [0.2, 0.25) is 0 Å². The maximum Gasteiger partial charge on any atom is 0.281 e. The molecule has 1 aliphatic carbocycles. The summed E-state index contributed by atoms with van der Waals surface area (Å²) in [6.45, 7) is 7.67. The molecule has 3 aliphatic rings. The van der Waals surface area contributed by atoms with Crippen LogP contribution in [-0.4, -0.2) is 82.9 Å². The average molecular weight is 698 g/mol. The van der Waals surface area contributed by atoms with Crippen molar-refractivity contribution in [2.75, 3.05) is 39.5 Å². The van der Waals surface area contributed by atoms with E-state index in [9.17, 15) is 8.42 Å². The molecular formula is C38H51N9O2S. The summed E-state index contributed by atoms with van der Waals surface area (Å²) in [7, 11) is 3.64. The topological polar surface area (TPSA) is 113 Å². The van der Waals surface area contributed by atoms with Gasteiger partial charge in [0.15, 0.2) is 0 Å². The number of aromatic nitrogens is 4. The molecule has 1 unspecified atom stereocenters. The number of benzene rings is 1. The fourth-order valence-electron chi connectivity index (χ4n) is 7.18. The first kappa shape index (κ1) is 35.7. The molecule has 3 aromatic rings. The van der Waals surface area contributed by atoms with Gasteiger partial charge >= 0.3 is 0 Å². The Morgan fingerprint density at radius 1 is 1.12 bits per heavy atom. The summed E-state index contributed by atoms with van der Waals surface area (Å²) in [5, 5.41) is 13.2. The maximum atomic E-state index is 12.5. The number of rotatable bonds is 9. The molecule has 0 spiro atoms. The Kier molecular flexibility index (Phi) is 10.7. The van der Waals surface area contributed by atoms with Crippen LogP contribution in [0, 0.1) is 5.92 Å². The maximum absolute atomic E-state index is 12.5. The number of allylic oxidation sites excluding steroid dienone is 5. The number of aryl methyl sites for hydroxylation is 2. The highest BCUT2D eigenvalue weighted by Crippen LogP contribution is 2.44. The second-order valence-electron chi connectivity index (χ2n) is 13.9. The zero-order valence-electron chi connectivity index (χ0n) is 30.5. The second-order valence-corrected chi connectivity index (χ2v) is 16.0. The van der Waals surface area contributed by atoms with Gasteiger partial charge in [0.1, 0.15) is 5.84 Å². The number of nitrogens with one attached hydrogen (secondary N) is 1. The van der Waals surface area contributed by atoms with E-state index in [1.165, 1.54) is 32.2 Å². The van der Waals surface area contributed by atoms with Crippen molar-refractivity contribution in [2.24, 2.45) is 23.0 Å². The SMILES string of the molecule is CCC(C)/C=C(\C=NC)c1ccc(-c2c3c(nn2C)CC/C2=C/N=C(Nc4cnn(C5CCN(S(=O)(=O)N(C)C)CC5)c4)CCC(C)=C23)cc1. The number of aliphatic imine (C=N–C) groups is 2. The second kappa shape index (κ2) is 15.0. The predicted molar refractivity (Wildman–Crippen MR) is 204 cm³/mol. The van der Waals surface area contributed by atoms with Crippen LogP contribution in [0.1, 0.15) is 82.2 Å². The third-order valence-electron chi connectivity index (χ3n) is 10.2. The van der Waals surface area contributed by atoms with E-state index < -0.39 is 10.2 Å². The number of piperidine rings is 1. The van der Waals surface area contributed by atoms with Crippen molar-refractivity contribution in [1.29, 1.82) is 0 Å². The quantitative estimate of drug-likeness (QED) is 0.248. The molecule has 2 aliphatic heterocycles. The Labute approximate surface area is 297 Å². The molecule has 11 nitrogen and oxygen atoms in total. The number of hydrogen-bond acceptors (Lipinski definition) is 7. The van der Waals surface area contributed by atoms with Crippen molar-refractivity contribution in [3.05, 3.63) is 76.9 Å². The Hall–Kier alpha value is -4.13. The van der Waals surface area contributed by atoms with Gasteiger partial charge in [0.05, 0.1) is 29.3 Å². The molecule has 0 amide bonds. The first-order chi connectivity index (χ1) is 24.0. The van der Waals surface area contributed by atoms with Crippen LogP contribution in [0.5, 0.6) is 0 Å². The van der Waals surface area contributed by atoms with Gasteiger partial charge in [0.25, 0.3) is 10.2 Å². The molecule has 0 saturated carbocycles. The summed E-state index contributed by atoms with van der Waals surface area (Å²) in [6, 6.07) is 8.99. The van der Waals surface area contributed by atoms with E-state index in [-0.39, 0.29) is 6.04 Å². The number of hydrogen-bond donors (Lipinski definition) is 1. The van der Waals surface area contributed by atoms with Crippen LogP contribution >= 0.6 is 0 Å². The van der Waals surface area contributed by atoms with Gasteiger partial charge in [-0.3, -0.25) is 14.4 Å². The number of amidine groups is 1. The van der Waals surface area contributed by atoms with Crippen LogP contribution in [-0.2, 0) is 23.7 Å². The van der Waals surface area contributed by atoms with Crippen LogP contribution in [0.2, 0.25) is 0 Å². The van der Waals surface area contributed by atoms with Crippen molar-refractivity contribution >= 4 is 39.1 Å². The van der Waals surface area contributed by atoms with Crippen molar-refractivity contribution in [2.45, 2.75) is 71.8 Å². The average Bonchev–Trinajstić information content (AvgIpc) is 3.71. The Bertz CT molecular complexity index is 1970. The number of nitrogens with zero attached hydrogens (tertiary/aromatic N) is 8. The van der Waals surface area contributed by atoms with Crippen molar-refractivity contribution in [3.8, 4) is 11.3 Å². The summed E-state index contributed by atoms with van der Waals surface area (Å²) in [5.41, 5.74) is 11.7. The van der Waals surface area contributed by atoms with Crippen molar-refractivity contribution in [1.82, 2.24) is 28.2 Å². The summed E-state index contributed by atoms with van der Waals surface area (Å²) in [6.07, 6.45) is 16.1. The van der Waals surface area contributed by atoms with Crippen LogP contribution < -0.4 is 5.32 Å². The van der Waals surface area contributed by atoms with E-state index in [1.807, 2.05) is 41.2 Å². The standard InChI is InChI=1S/C38H51N9O2S/c1-8-26(2)21-31(22-39-4)28-10-12-29(13-11-28)38-37-34(43-45(38)7)15-14-30-23-40-35(16-9-27(3)36(30)37)42-32-24-41-47(25-32)33-17-19-46(20-18-33)50(48,49)44(5)6/h10-13,21-26,33H,8-9,14-20H2,1-7H3,(H,40,42)/b30-23-,31-21+,36-27?,39-22?. The minimum Gasteiger partial charge on any atom is -0.341 e. The molecule has 4 heterocycles. The van der Waals surface area contributed by atoms with Gasteiger partial charge in [-0.05, 0) is 67.2 Å². The Balaban J connectivity index is 1.20. The van der Waals surface area contributed by atoms with Gasteiger partial charge in [-0.15, -0.1) is 0 Å². The highest BCUT2D eigenvalue weighted by Gasteiger charge is 2.31. The predicted octanol–water partition coefficient (Wildman–Crippen LogP) is 6.77. The lowest BCUT2D eigenvalue weighted by molar-refractivity contribution is 0.252. The van der Waals surface area contributed by atoms with Gasteiger partial charge in [-0.25, -0.2) is 4.99 Å². The van der Waals surface area contributed by atoms with Gasteiger partial charge in [-0.2, -0.15) is 27.2 Å². The van der Waals surface area contributed by atoms with Crippen LogP contribution in [0.4, 0.5) is 5.69 Å². The lowest BCUT2D eigenvalue weighted by atomic mass is 9.81. The molecule has 1 aromatic carbocycles. The first-order valence-corrected chi connectivity index (χ1v) is 19.2. The molecule has 50 heavy (non-hydrogen) atoms. The van der Waals surface area contributed by atoms with E-state index >= 15 is 0 Å². The van der Waals surface area contributed by atoms with Crippen LogP contribution in [0.3, 0.4) is 0 Å². The minimum atomic E-state index is -3.39. The highest BCUT2D eigenvalue weighted by atomic mass is 32.2. The third kappa shape index (κ3) is 7.33. The summed E-state index contributed by atoms with van der Waals surface area (Å²) in [4.78, 5) is 9.30. The zero-order chi connectivity index (χ0) is 35.6. The number of fused-ring (bicyclic) bond motifs is 3. The summed E-state index contributed by atoms with van der Waals surface area (Å²) < 4.78 is 31.9. The molecule has 0 radical (unpaired) electrons. The lowest BCUT2D eigenvalue weighted by Gasteiger charge is -2.32. The Morgan fingerprint density at radius 3 is 2.54 bits per heavy atom. The van der Waals surface area contributed by atoms with Crippen molar-refractivity contribution in [3.63, 3.8) is 0 Å². The minimum absolute atomic E-state index is 0.156. The summed E-state index contributed by atoms with van der Waals surface area (Å²) in [5.74, 6) is 1.39. The molecule has 2 aromatic heterocycles. The van der Waals surface area contributed by atoms with Crippen LogP contribution in [0.15, 0.2) is 70.1 Å². The molecule has 1 saturated heterocycles. The van der Waals surface area contributed by atoms with E-state index in [0.29, 0.717) is 19.0 Å². The van der Waals surface area contributed by atoms with Crippen molar-refractivity contribution < 1.29 is 8.42 Å². The van der Waals surface area contributed by atoms with Gasteiger partial charge in [-0.1, -0.05) is 56.2 Å². The van der Waals surface area contributed by atoms with E-state index in [4.69, 9.17) is 10.1 Å². The van der Waals surface area contributed by atoms with E-state index in [1.54, 1.807) is 18.4 Å². The Morgan fingerprint density at radius 2 is 1.86 bits per heavy atom. The fraction of sp³-hybridized carbons (Fsp3) is 0.474. The number of anilines is 1. The molecule has 1 atom stereocenters. The third-order valence-corrected chi connectivity index (χ3v) is 12.1. The molecule has 1 N–H and O–H groups in total. The highest BCUT2D eigenvalue weighted by molar-refractivity contribution is 7.86. The molecule has 12 heteroatoms. The van der Waals surface area contributed by atoms with Gasteiger partial charge < -0.3 is 5.32 Å². The normalized spacial score (nSPS) is 19.9. The molecular weight excluding hydrogens is 647 g/mol. The molecule has 0 bridgehead atoms. The van der Waals surface area contributed by atoms with E-state index in [2.05, 4.69) is 73.6 Å². The molecule has 1 fully saturated rings. The molecule has 6 rings (SSSR count). The van der Waals surface area contributed by atoms with E-state index in [0.717, 1.165) is 79.0 Å². The van der Waals surface area contributed by atoms with Crippen LogP contribution in [0.25, 0.3) is 22.4 Å². The fourth-order valence-corrected chi connectivity index (χ4v) is 8.32. The molecule has 266 valence electrons. The lowest BCUT2D eigenvalue weighted by Crippen LogP contribution is -2.44.